The molecule has 49 heavy (non-hydrogen) atoms. The SMILES string of the molecule is CC(CC(=O)NO)CC(C)(C)CC(=O)Nc1ccc(C(O)(C(=O)Nc2cccc3cccnc23)C(=O)Nc2cccc3cccnc23)cc1. The van der Waals surface area contributed by atoms with Crippen molar-refractivity contribution >= 4 is 62.5 Å². The van der Waals surface area contributed by atoms with Crippen LogP contribution in [0.15, 0.2) is 97.3 Å². The van der Waals surface area contributed by atoms with E-state index in [9.17, 15) is 24.3 Å². The summed E-state index contributed by atoms with van der Waals surface area (Å²) in [6, 6.07) is 23.3. The number of carbonyl (C=O) groups is 4. The Kier molecular flexibility index (Phi) is 10.3. The second kappa shape index (κ2) is 14.6. The summed E-state index contributed by atoms with van der Waals surface area (Å²) in [6.07, 6.45) is 3.99. The molecule has 0 bridgehead atoms. The quantitative estimate of drug-likeness (QED) is 0.0573. The number of anilines is 3. The van der Waals surface area contributed by atoms with Crippen LogP contribution in [0.4, 0.5) is 17.1 Å². The Balaban J connectivity index is 1.40. The molecule has 0 aliphatic rings. The van der Waals surface area contributed by atoms with Gasteiger partial charge in [-0.05, 0) is 54.2 Å². The Hall–Kier alpha value is -5.72. The first-order valence-electron chi connectivity index (χ1n) is 15.8. The zero-order chi connectivity index (χ0) is 35.2. The molecule has 5 aromatic rings. The summed E-state index contributed by atoms with van der Waals surface area (Å²) < 4.78 is 0. The molecule has 0 fully saturated rings. The lowest BCUT2D eigenvalue weighted by Gasteiger charge is -2.28. The van der Waals surface area contributed by atoms with Crippen molar-refractivity contribution in [3.8, 4) is 0 Å². The van der Waals surface area contributed by atoms with Crippen molar-refractivity contribution in [3.05, 3.63) is 103 Å². The van der Waals surface area contributed by atoms with Crippen LogP contribution in [0.2, 0.25) is 0 Å². The summed E-state index contributed by atoms with van der Waals surface area (Å²) in [7, 11) is 0. The topological polar surface area (TPSA) is 183 Å². The number of aliphatic hydroxyl groups is 1. The number of rotatable bonds is 12. The van der Waals surface area contributed by atoms with E-state index in [0.717, 1.165) is 10.8 Å². The zero-order valence-corrected chi connectivity index (χ0v) is 27.4. The molecule has 1 unspecified atom stereocenters. The molecule has 4 amide bonds. The van der Waals surface area contributed by atoms with E-state index in [1.807, 2.05) is 45.0 Å². The van der Waals surface area contributed by atoms with Gasteiger partial charge in [0.05, 0.1) is 22.4 Å². The van der Waals surface area contributed by atoms with Crippen molar-refractivity contribution < 1.29 is 29.5 Å². The number of fused-ring (bicyclic) bond motifs is 2. The van der Waals surface area contributed by atoms with Gasteiger partial charge in [-0.2, -0.15) is 0 Å². The second-order valence-electron chi connectivity index (χ2n) is 12.9. The van der Waals surface area contributed by atoms with Gasteiger partial charge in [-0.15, -0.1) is 0 Å². The highest BCUT2D eigenvalue weighted by Crippen LogP contribution is 2.33. The van der Waals surface area contributed by atoms with Gasteiger partial charge in [0.1, 0.15) is 0 Å². The average Bonchev–Trinajstić information content (AvgIpc) is 3.07. The lowest BCUT2D eigenvalue weighted by Crippen LogP contribution is -2.50. The monoisotopic (exact) mass is 662 g/mol. The van der Waals surface area contributed by atoms with Crippen molar-refractivity contribution in [1.82, 2.24) is 15.4 Å². The maximum atomic E-state index is 14.0. The molecule has 3 aromatic carbocycles. The number of amides is 4. The Morgan fingerprint density at radius 2 is 1.22 bits per heavy atom. The van der Waals surface area contributed by atoms with Gasteiger partial charge in [0, 0.05) is 47.3 Å². The number of nitrogens with one attached hydrogen (secondary N) is 4. The van der Waals surface area contributed by atoms with Crippen LogP contribution in [0.3, 0.4) is 0 Å². The maximum Gasteiger partial charge on any atom is 0.271 e. The minimum Gasteiger partial charge on any atom is -0.368 e. The van der Waals surface area contributed by atoms with E-state index < -0.39 is 28.7 Å². The summed E-state index contributed by atoms with van der Waals surface area (Å²) in [5, 5.41) is 30.6. The molecule has 0 saturated heterocycles. The first-order valence-corrected chi connectivity index (χ1v) is 15.8. The van der Waals surface area contributed by atoms with Gasteiger partial charge < -0.3 is 21.1 Å². The predicted molar refractivity (Wildman–Crippen MR) is 186 cm³/mol. The van der Waals surface area contributed by atoms with Crippen molar-refractivity contribution in [1.29, 1.82) is 0 Å². The molecule has 1 atom stereocenters. The van der Waals surface area contributed by atoms with Gasteiger partial charge in [0.25, 0.3) is 11.8 Å². The van der Waals surface area contributed by atoms with Gasteiger partial charge in [0.2, 0.25) is 17.4 Å². The molecule has 0 saturated carbocycles. The number of hydrogen-bond donors (Lipinski definition) is 6. The highest BCUT2D eigenvalue weighted by Gasteiger charge is 2.46. The number of aromatic nitrogens is 2. The van der Waals surface area contributed by atoms with Crippen LogP contribution < -0.4 is 21.4 Å². The molecule has 252 valence electrons. The summed E-state index contributed by atoms with van der Waals surface area (Å²) in [5.74, 6) is -2.87. The molecule has 2 aromatic heterocycles. The normalized spacial score (nSPS) is 12.3. The number of benzene rings is 3. The lowest BCUT2D eigenvalue weighted by atomic mass is 9.79. The van der Waals surface area contributed by atoms with Crippen LogP contribution in [0.1, 0.15) is 45.6 Å². The van der Waals surface area contributed by atoms with Crippen molar-refractivity contribution in [2.24, 2.45) is 11.3 Å². The van der Waals surface area contributed by atoms with Gasteiger partial charge in [-0.3, -0.25) is 34.4 Å². The number of para-hydroxylation sites is 2. The van der Waals surface area contributed by atoms with E-state index in [-0.39, 0.29) is 30.2 Å². The van der Waals surface area contributed by atoms with Gasteiger partial charge in [0.15, 0.2) is 0 Å². The number of nitrogens with zero attached hydrogens (tertiary/aromatic N) is 2. The van der Waals surface area contributed by atoms with Crippen molar-refractivity contribution in [2.45, 2.75) is 45.6 Å². The molecule has 12 nitrogen and oxygen atoms in total. The van der Waals surface area contributed by atoms with E-state index >= 15 is 0 Å². The number of pyridine rings is 2. The summed E-state index contributed by atoms with van der Waals surface area (Å²) in [6.45, 7) is 5.70. The van der Waals surface area contributed by atoms with Crippen LogP contribution in [0.5, 0.6) is 0 Å². The van der Waals surface area contributed by atoms with Crippen LogP contribution in [-0.4, -0.2) is 43.9 Å². The average molecular weight is 663 g/mol. The van der Waals surface area contributed by atoms with Gasteiger partial charge >= 0.3 is 0 Å². The van der Waals surface area contributed by atoms with E-state index in [0.29, 0.717) is 34.5 Å². The smallest absolute Gasteiger partial charge is 0.271 e. The van der Waals surface area contributed by atoms with Crippen molar-refractivity contribution in [2.75, 3.05) is 16.0 Å². The molecule has 5 rings (SSSR count). The molecule has 0 aliphatic heterocycles. The molecule has 0 aliphatic carbocycles. The van der Waals surface area contributed by atoms with Gasteiger partial charge in [-0.25, -0.2) is 5.48 Å². The third-order valence-electron chi connectivity index (χ3n) is 8.20. The summed E-state index contributed by atoms with van der Waals surface area (Å²) in [5.41, 5.74) is 0.356. The first kappa shape index (κ1) is 34.6. The minimum atomic E-state index is -2.73. The third-order valence-corrected chi connectivity index (χ3v) is 8.20. The van der Waals surface area contributed by atoms with Crippen LogP contribution in [-0.2, 0) is 24.8 Å². The predicted octanol–water partition coefficient (Wildman–Crippen LogP) is 5.52. The molecular weight excluding hydrogens is 624 g/mol. The van der Waals surface area contributed by atoms with E-state index in [1.165, 1.54) is 24.3 Å². The molecule has 0 radical (unpaired) electrons. The summed E-state index contributed by atoms with van der Waals surface area (Å²) >= 11 is 0. The number of carbonyl (C=O) groups excluding carboxylic acids is 4. The zero-order valence-electron chi connectivity index (χ0n) is 27.4. The maximum absolute atomic E-state index is 14.0. The lowest BCUT2D eigenvalue weighted by molar-refractivity contribution is -0.148. The Morgan fingerprint density at radius 3 is 1.73 bits per heavy atom. The summed E-state index contributed by atoms with van der Waals surface area (Å²) in [4.78, 5) is 61.2. The largest absolute Gasteiger partial charge is 0.368 e. The minimum absolute atomic E-state index is 0.0433. The fourth-order valence-electron chi connectivity index (χ4n) is 6.09. The Bertz CT molecular complexity index is 1910. The van der Waals surface area contributed by atoms with E-state index in [4.69, 9.17) is 5.21 Å². The van der Waals surface area contributed by atoms with Crippen molar-refractivity contribution in [3.63, 3.8) is 0 Å². The highest BCUT2D eigenvalue weighted by molar-refractivity contribution is 6.19. The number of hydroxylamine groups is 1. The van der Waals surface area contributed by atoms with Crippen LogP contribution >= 0.6 is 0 Å². The molecule has 2 heterocycles. The van der Waals surface area contributed by atoms with E-state index in [2.05, 4.69) is 25.9 Å². The van der Waals surface area contributed by atoms with Crippen LogP contribution in [0.25, 0.3) is 21.8 Å². The van der Waals surface area contributed by atoms with E-state index in [1.54, 1.807) is 54.3 Å². The molecule has 6 N–H and O–H groups in total. The van der Waals surface area contributed by atoms with Gasteiger partial charge in [-0.1, -0.05) is 69.3 Å². The molecular formula is C37H38N6O6. The fourth-order valence-corrected chi connectivity index (χ4v) is 6.09. The van der Waals surface area contributed by atoms with Crippen LogP contribution in [0, 0.1) is 11.3 Å². The first-order chi connectivity index (χ1) is 23.4. The Morgan fingerprint density at radius 1 is 0.714 bits per heavy atom. The molecule has 0 spiro atoms. The number of hydrogen-bond acceptors (Lipinski definition) is 8. The third kappa shape index (κ3) is 8.06. The fraction of sp³-hybridized carbons (Fsp3) is 0.243. The standard InChI is InChI=1S/C37H38N6O6/c1-23(20-30(44)43-49)21-36(2,3)22-31(45)40-27-16-14-26(15-17-27)37(48,34(46)41-28-12-4-8-24-10-6-18-38-32(24)28)35(47)42-29-13-5-9-25-11-7-19-39-33(25)29/h4-19,23,48-49H,20-22H2,1-3H3,(H,40,45)(H,41,46)(H,42,47)(H,43,44). The molecule has 12 heteroatoms. The second-order valence-corrected chi connectivity index (χ2v) is 12.9. The highest BCUT2D eigenvalue weighted by atomic mass is 16.5. The Labute approximate surface area is 282 Å².